The summed E-state index contributed by atoms with van der Waals surface area (Å²) in [4.78, 5) is 11.6. The van der Waals surface area contributed by atoms with Crippen LogP contribution in [0.4, 0.5) is 0 Å². The Morgan fingerprint density at radius 2 is 1.84 bits per heavy atom. The number of rotatable bonds is 7. The third-order valence-electron chi connectivity index (χ3n) is 2.33. The normalized spacial score (nSPS) is 11.8. The van der Waals surface area contributed by atoms with Crippen molar-refractivity contribution in [2.45, 2.75) is 31.2 Å². The van der Waals surface area contributed by atoms with Gasteiger partial charge in [-0.2, -0.15) is 0 Å². The first-order valence-electron chi connectivity index (χ1n) is 5.97. The van der Waals surface area contributed by atoms with E-state index in [0.29, 0.717) is 0 Å². The Balaban J connectivity index is 2.79. The first-order valence-corrected chi connectivity index (χ1v) is 7.45. The van der Waals surface area contributed by atoms with Crippen molar-refractivity contribution in [1.82, 2.24) is 4.72 Å². The second kappa shape index (κ2) is 6.79. The van der Waals surface area contributed by atoms with Crippen molar-refractivity contribution in [2.75, 3.05) is 13.7 Å². The van der Waals surface area contributed by atoms with Gasteiger partial charge < -0.3 is 4.74 Å². The quantitative estimate of drug-likeness (QED) is 0.815. The summed E-state index contributed by atoms with van der Waals surface area (Å²) in [5.74, 6) is -0.0431. The van der Waals surface area contributed by atoms with Crippen molar-refractivity contribution in [1.29, 1.82) is 0 Å². The molecule has 1 aromatic carbocycles. The average molecular weight is 285 g/mol. The Labute approximate surface area is 114 Å². The summed E-state index contributed by atoms with van der Waals surface area (Å²) in [7, 11) is -2.01. The maximum atomic E-state index is 11.9. The number of ketones is 1. The first kappa shape index (κ1) is 15.8. The fraction of sp³-hybridized carbons (Fsp3) is 0.462. The SMILES string of the molecule is COCC(=O)Cc1ccc(S(=O)(=O)NC(C)C)cc1. The summed E-state index contributed by atoms with van der Waals surface area (Å²) in [6.45, 7) is 3.58. The highest BCUT2D eigenvalue weighted by atomic mass is 32.2. The van der Waals surface area contributed by atoms with Gasteiger partial charge in [0, 0.05) is 19.6 Å². The minimum absolute atomic E-state index is 0.0431. The standard InChI is InChI=1S/C13H19NO4S/c1-10(2)14-19(16,17)13-6-4-11(5-7-13)8-12(15)9-18-3/h4-7,10,14H,8-9H2,1-3H3. The molecule has 0 aliphatic carbocycles. The second-order valence-electron chi connectivity index (χ2n) is 4.57. The van der Waals surface area contributed by atoms with Crippen LogP contribution in [0.5, 0.6) is 0 Å². The van der Waals surface area contributed by atoms with E-state index >= 15 is 0 Å². The summed E-state index contributed by atoms with van der Waals surface area (Å²) in [5, 5.41) is 0. The molecule has 0 aliphatic heterocycles. The third-order valence-corrected chi connectivity index (χ3v) is 4.01. The number of ether oxygens (including phenoxy) is 1. The predicted molar refractivity (Wildman–Crippen MR) is 72.5 cm³/mol. The molecule has 0 fully saturated rings. The van der Waals surface area contributed by atoms with Crippen molar-refractivity contribution in [3.05, 3.63) is 29.8 Å². The largest absolute Gasteiger partial charge is 0.377 e. The van der Waals surface area contributed by atoms with Gasteiger partial charge in [0.05, 0.1) is 4.90 Å². The van der Waals surface area contributed by atoms with Crippen LogP contribution < -0.4 is 4.72 Å². The molecular weight excluding hydrogens is 266 g/mol. The lowest BCUT2D eigenvalue weighted by molar-refractivity contribution is -0.121. The van der Waals surface area contributed by atoms with Crippen LogP contribution >= 0.6 is 0 Å². The van der Waals surface area contributed by atoms with Crippen LogP contribution in [-0.2, 0) is 26.0 Å². The summed E-state index contributed by atoms with van der Waals surface area (Å²) < 4.78 is 31.0. The summed E-state index contributed by atoms with van der Waals surface area (Å²) in [5.41, 5.74) is 0.769. The van der Waals surface area contributed by atoms with Gasteiger partial charge in [-0.15, -0.1) is 0 Å². The van der Waals surface area contributed by atoms with Crippen molar-refractivity contribution in [3.63, 3.8) is 0 Å². The Morgan fingerprint density at radius 3 is 2.32 bits per heavy atom. The maximum absolute atomic E-state index is 11.9. The van der Waals surface area contributed by atoms with Crippen LogP contribution in [0.2, 0.25) is 0 Å². The minimum atomic E-state index is -3.47. The van der Waals surface area contributed by atoms with Crippen molar-refractivity contribution < 1.29 is 17.9 Å². The van der Waals surface area contributed by atoms with E-state index < -0.39 is 10.0 Å². The molecule has 0 saturated carbocycles. The highest BCUT2D eigenvalue weighted by molar-refractivity contribution is 7.89. The average Bonchev–Trinajstić information content (AvgIpc) is 2.28. The van der Waals surface area contributed by atoms with E-state index in [-0.39, 0.29) is 29.7 Å². The molecule has 0 atom stereocenters. The first-order chi connectivity index (χ1) is 8.85. The lowest BCUT2D eigenvalue weighted by Gasteiger charge is -2.09. The fourth-order valence-electron chi connectivity index (χ4n) is 1.60. The molecule has 1 rings (SSSR count). The maximum Gasteiger partial charge on any atom is 0.240 e. The molecule has 0 saturated heterocycles. The van der Waals surface area contributed by atoms with Gasteiger partial charge in [0.1, 0.15) is 6.61 Å². The number of methoxy groups -OCH3 is 1. The van der Waals surface area contributed by atoms with Crippen LogP contribution in [0.1, 0.15) is 19.4 Å². The highest BCUT2D eigenvalue weighted by Gasteiger charge is 2.15. The molecule has 5 nitrogen and oxygen atoms in total. The molecule has 6 heteroatoms. The summed E-state index contributed by atoms with van der Waals surface area (Å²) in [6, 6.07) is 6.12. The molecule has 0 amide bonds. The zero-order valence-electron chi connectivity index (χ0n) is 11.3. The number of carbonyl (C=O) groups excluding carboxylic acids is 1. The molecule has 106 valence electrons. The van der Waals surface area contributed by atoms with E-state index in [1.807, 2.05) is 0 Å². The molecule has 0 bridgehead atoms. The number of benzene rings is 1. The van der Waals surface area contributed by atoms with Crippen LogP contribution in [0.25, 0.3) is 0 Å². The minimum Gasteiger partial charge on any atom is -0.377 e. The number of hydrogen-bond donors (Lipinski definition) is 1. The van der Waals surface area contributed by atoms with E-state index in [9.17, 15) is 13.2 Å². The molecular formula is C13H19NO4S. The second-order valence-corrected chi connectivity index (χ2v) is 6.28. The molecule has 0 radical (unpaired) electrons. The van der Waals surface area contributed by atoms with Gasteiger partial charge >= 0.3 is 0 Å². The van der Waals surface area contributed by atoms with E-state index in [2.05, 4.69) is 4.72 Å². The molecule has 1 N–H and O–H groups in total. The number of sulfonamides is 1. The Kier molecular flexibility index (Phi) is 5.65. The van der Waals surface area contributed by atoms with Crippen molar-refractivity contribution in [2.24, 2.45) is 0 Å². The lowest BCUT2D eigenvalue weighted by Crippen LogP contribution is -2.30. The van der Waals surface area contributed by atoms with Crippen molar-refractivity contribution >= 4 is 15.8 Å². The zero-order chi connectivity index (χ0) is 14.5. The Bertz CT molecular complexity index is 520. The molecule has 0 unspecified atom stereocenters. The Morgan fingerprint density at radius 1 is 1.26 bits per heavy atom. The topological polar surface area (TPSA) is 72.5 Å². The number of hydrogen-bond acceptors (Lipinski definition) is 4. The van der Waals surface area contributed by atoms with E-state index in [1.165, 1.54) is 19.2 Å². The lowest BCUT2D eigenvalue weighted by atomic mass is 10.1. The van der Waals surface area contributed by atoms with Gasteiger partial charge in [0.25, 0.3) is 0 Å². The van der Waals surface area contributed by atoms with Gasteiger partial charge in [-0.05, 0) is 31.5 Å². The number of Topliss-reactive ketones (excluding diaryl/α,β-unsaturated/α-hetero) is 1. The van der Waals surface area contributed by atoms with Gasteiger partial charge in [-0.3, -0.25) is 4.79 Å². The van der Waals surface area contributed by atoms with Crippen LogP contribution in [0, 0.1) is 0 Å². The van der Waals surface area contributed by atoms with Gasteiger partial charge in [-0.1, -0.05) is 12.1 Å². The number of nitrogens with one attached hydrogen (secondary N) is 1. The Hall–Kier alpha value is -1.24. The molecule has 0 heterocycles. The monoisotopic (exact) mass is 285 g/mol. The number of carbonyl (C=O) groups is 1. The highest BCUT2D eigenvalue weighted by Crippen LogP contribution is 2.11. The molecule has 0 spiro atoms. The zero-order valence-corrected chi connectivity index (χ0v) is 12.2. The van der Waals surface area contributed by atoms with Gasteiger partial charge in [0.2, 0.25) is 10.0 Å². The third kappa shape index (κ3) is 5.10. The molecule has 1 aromatic rings. The van der Waals surface area contributed by atoms with Gasteiger partial charge in [-0.25, -0.2) is 13.1 Å². The fourth-order valence-corrected chi connectivity index (χ4v) is 2.86. The van der Waals surface area contributed by atoms with Crippen LogP contribution in [0.15, 0.2) is 29.2 Å². The van der Waals surface area contributed by atoms with Crippen LogP contribution in [0.3, 0.4) is 0 Å². The van der Waals surface area contributed by atoms with Gasteiger partial charge in [0.15, 0.2) is 5.78 Å². The van der Waals surface area contributed by atoms with Crippen molar-refractivity contribution in [3.8, 4) is 0 Å². The molecule has 0 aliphatic rings. The van der Waals surface area contributed by atoms with Crippen LogP contribution in [-0.4, -0.2) is 34.0 Å². The summed E-state index contributed by atoms with van der Waals surface area (Å²) >= 11 is 0. The predicted octanol–water partition coefficient (Wildman–Crippen LogP) is 1.13. The van der Waals surface area contributed by atoms with E-state index in [4.69, 9.17) is 4.74 Å². The summed E-state index contributed by atoms with van der Waals surface area (Å²) in [6.07, 6.45) is 0.242. The van der Waals surface area contributed by atoms with E-state index in [1.54, 1.807) is 26.0 Å². The van der Waals surface area contributed by atoms with E-state index in [0.717, 1.165) is 5.56 Å². The molecule has 19 heavy (non-hydrogen) atoms. The smallest absolute Gasteiger partial charge is 0.240 e. The molecule has 0 aromatic heterocycles.